The van der Waals surface area contributed by atoms with Crippen molar-refractivity contribution in [2.45, 2.75) is 26.0 Å². The van der Waals surface area contributed by atoms with Crippen molar-refractivity contribution in [3.05, 3.63) is 34.9 Å². The summed E-state index contributed by atoms with van der Waals surface area (Å²) < 4.78 is 0. The van der Waals surface area contributed by atoms with Gasteiger partial charge in [-0.2, -0.15) is 0 Å². The molecule has 0 radical (unpaired) electrons. The molecule has 6 heteroatoms. The van der Waals surface area contributed by atoms with Crippen molar-refractivity contribution < 1.29 is 9.90 Å². The van der Waals surface area contributed by atoms with Gasteiger partial charge in [-0.1, -0.05) is 37.6 Å². The van der Waals surface area contributed by atoms with E-state index in [4.69, 9.17) is 17.3 Å². The highest BCUT2D eigenvalue weighted by Gasteiger charge is 2.18. The van der Waals surface area contributed by atoms with E-state index in [1.54, 1.807) is 24.3 Å². The minimum Gasteiger partial charge on any atom is -0.387 e. The number of carbonyl (C=O) groups excluding carboxylic acids is 1. The van der Waals surface area contributed by atoms with Gasteiger partial charge >= 0.3 is 0 Å². The van der Waals surface area contributed by atoms with Gasteiger partial charge in [0.25, 0.3) is 0 Å². The predicted octanol–water partition coefficient (Wildman–Crippen LogP) is 1.89. The van der Waals surface area contributed by atoms with Crippen molar-refractivity contribution >= 4 is 29.9 Å². The molecule has 1 rings (SSSR count). The van der Waals surface area contributed by atoms with Gasteiger partial charge in [-0.05, 0) is 23.6 Å². The standard InChI is InChI=1S/C13H19ClN2O2.ClH/c1-8(2)12(15)13(18)16-7-11(17)9-3-5-10(14)6-4-9;/h3-6,8,11-12,17H,7,15H2,1-2H3,(H,16,18);1H/t11?,12-;/m0./s1. The Labute approximate surface area is 124 Å². The van der Waals surface area contributed by atoms with E-state index in [1.165, 1.54) is 0 Å². The second-order valence-corrected chi connectivity index (χ2v) is 5.02. The lowest BCUT2D eigenvalue weighted by atomic mass is 10.0. The molecule has 0 aromatic heterocycles. The molecule has 0 heterocycles. The Morgan fingerprint density at radius 1 is 1.37 bits per heavy atom. The Balaban J connectivity index is 0.00000324. The molecule has 0 spiro atoms. The van der Waals surface area contributed by atoms with Crippen LogP contribution in [-0.2, 0) is 4.79 Å². The lowest BCUT2D eigenvalue weighted by molar-refractivity contribution is -0.123. The van der Waals surface area contributed by atoms with E-state index in [2.05, 4.69) is 5.32 Å². The molecule has 0 bridgehead atoms. The summed E-state index contributed by atoms with van der Waals surface area (Å²) in [7, 11) is 0. The first kappa shape index (κ1) is 18.2. The van der Waals surface area contributed by atoms with E-state index < -0.39 is 12.1 Å². The van der Waals surface area contributed by atoms with Crippen LogP contribution in [-0.4, -0.2) is 23.6 Å². The largest absolute Gasteiger partial charge is 0.387 e. The van der Waals surface area contributed by atoms with Crippen LogP contribution < -0.4 is 11.1 Å². The van der Waals surface area contributed by atoms with Crippen LogP contribution in [0.2, 0.25) is 5.02 Å². The van der Waals surface area contributed by atoms with Gasteiger partial charge < -0.3 is 16.2 Å². The molecular formula is C13H20Cl2N2O2. The molecule has 0 aliphatic carbocycles. The van der Waals surface area contributed by atoms with Gasteiger partial charge in [0.05, 0.1) is 12.1 Å². The van der Waals surface area contributed by atoms with E-state index in [1.807, 2.05) is 13.8 Å². The summed E-state index contributed by atoms with van der Waals surface area (Å²) >= 11 is 5.75. The van der Waals surface area contributed by atoms with Crippen LogP contribution in [0, 0.1) is 5.92 Å². The first-order chi connectivity index (χ1) is 8.41. The average molecular weight is 307 g/mol. The zero-order valence-electron chi connectivity index (χ0n) is 11.0. The topological polar surface area (TPSA) is 75.4 Å². The third kappa shape index (κ3) is 5.78. The summed E-state index contributed by atoms with van der Waals surface area (Å²) in [5.74, 6) is -0.185. The van der Waals surface area contributed by atoms with Crippen LogP contribution in [0.3, 0.4) is 0 Å². The molecule has 4 nitrogen and oxygen atoms in total. The van der Waals surface area contributed by atoms with E-state index >= 15 is 0 Å². The lowest BCUT2D eigenvalue weighted by Crippen LogP contribution is -2.45. The van der Waals surface area contributed by atoms with Crippen LogP contribution in [0.5, 0.6) is 0 Å². The van der Waals surface area contributed by atoms with Gasteiger partial charge in [0.1, 0.15) is 0 Å². The van der Waals surface area contributed by atoms with Gasteiger partial charge in [0.15, 0.2) is 0 Å². The molecule has 2 atom stereocenters. The summed E-state index contributed by atoms with van der Waals surface area (Å²) in [6, 6.07) is 6.29. The lowest BCUT2D eigenvalue weighted by Gasteiger charge is -2.17. The fourth-order valence-electron chi connectivity index (χ4n) is 1.42. The van der Waals surface area contributed by atoms with E-state index in [-0.39, 0.29) is 30.8 Å². The highest BCUT2D eigenvalue weighted by atomic mass is 35.5. The van der Waals surface area contributed by atoms with Gasteiger partial charge in [0, 0.05) is 11.6 Å². The summed E-state index contributed by atoms with van der Waals surface area (Å²) in [4.78, 5) is 11.6. The van der Waals surface area contributed by atoms with E-state index in [9.17, 15) is 9.90 Å². The molecule has 4 N–H and O–H groups in total. The number of aliphatic hydroxyl groups is 1. The average Bonchev–Trinajstić information content (AvgIpc) is 2.35. The Hall–Kier alpha value is -0.810. The third-order valence-electron chi connectivity index (χ3n) is 2.75. The Morgan fingerprint density at radius 3 is 2.37 bits per heavy atom. The Kier molecular flexibility index (Phi) is 8.02. The van der Waals surface area contributed by atoms with Crippen molar-refractivity contribution in [3.8, 4) is 0 Å². The molecule has 0 saturated carbocycles. The molecule has 19 heavy (non-hydrogen) atoms. The molecule has 1 aromatic carbocycles. The van der Waals surface area contributed by atoms with Crippen molar-refractivity contribution in [2.24, 2.45) is 11.7 Å². The molecule has 1 unspecified atom stereocenters. The molecule has 108 valence electrons. The van der Waals surface area contributed by atoms with Crippen LogP contribution in [0.15, 0.2) is 24.3 Å². The van der Waals surface area contributed by atoms with Crippen LogP contribution in [0.25, 0.3) is 0 Å². The SMILES string of the molecule is CC(C)[C@H](N)C(=O)NCC(O)c1ccc(Cl)cc1.Cl. The van der Waals surface area contributed by atoms with Crippen LogP contribution in [0.4, 0.5) is 0 Å². The minimum atomic E-state index is -0.759. The molecule has 0 aliphatic heterocycles. The molecule has 1 aromatic rings. The highest BCUT2D eigenvalue weighted by molar-refractivity contribution is 6.30. The number of hydrogen-bond acceptors (Lipinski definition) is 3. The van der Waals surface area contributed by atoms with Crippen molar-refractivity contribution in [3.63, 3.8) is 0 Å². The maximum absolute atomic E-state index is 11.6. The zero-order chi connectivity index (χ0) is 13.7. The molecule has 0 aliphatic rings. The van der Waals surface area contributed by atoms with Crippen molar-refractivity contribution in [1.82, 2.24) is 5.32 Å². The molecule has 0 fully saturated rings. The molecule has 0 saturated heterocycles. The number of rotatable bonds is 5. The first-order valence-corrected chi connectivity index (χ1v) is 6.26. The number of nitrogens with one attached hydrogen (secondary N) is 1. The smallest absolute Gasteiger partial charge is 0.237 e. The maximum Gasteiger partial charge on any atom is 0.237 e. The Morgan fingerprint density at radius 2 is 1.89 bits per heavy atom. The molecule has 1 amide bonds. The fraction of sp³-hybridized carbons (Fsp3) is 0.462. The predicted molar refractivity (Wildman–Crippen MR) is 79.5 cm³/mol. The van der Waals surface area contributed by atoms with E-state index in [0.717, 1.165) is 0 Å². The minimum absolute atomic E-state index is 0. The first-order valence-electron chi connectivity index (χ1n) is 5.88. The highest BCUT2D eigenvalue weighted by Crippen LogP contribution is 2.15. The fourth-order valence-corrected chi connectivity index (χ4v) is 1.55. The van der Waals surface area contributed by atoms with Gasteiger partial charge in [-0.15, -0.1) is 12.4 Å². The number of benzene rings is 1. The monoisotopic (exact) mass is 306 g/mol. The quantitative estimate of drug-likeness (QED) is 0.777. The number of nitrogens with two attached hydrogens (primary N) is 1. The second-order valence-electron chi connectivity index (χ2n) is 4.58. The summed E-state index contributed by atoms with van der Waals surface area (Å²) in [6.45, 7) is 3.89. The number of halogens is 2. The number of carbonyl (C=O) groups is 1. The Bertz CT molecular complexity index is 396. The van der Waals surface area contributed by atoms with E-state index in [0.29, 0.717) is 10.6 Å². The maximum atomic E-state index is 11.6. The normalized spacial score (nSPS) is 13.6. The summed E-state index contributed by atoms with van der Waals surface area (Å²) in [5, 5.41) is 13.1. The number of aliphatic hydroxyl groups excluding tert-OH is 1. The zero-order valence-corrected chi connectivity index (χ0v) is 12.5. The summed E-state index contributed by atoms with van der Waals surface area (Å²) in [6.07, 6.45) is -0.759. The summed E-state index contributed by atoms with van der Waals surface area (Å²) in [5.41, 5.74) is 6.40. The van der Waals surface area contributed by atoms with Gasteiger partial charge in [-0.3, -0.25) is 4.79 Å². The van der Waals surface area contributed by atoms with Crippen LogP contribution >= 0.6 is 24.0 Å². The number of amides is 1. The second kappa shape index (κ2) is 8.38. The van der Waals surface area contributed by atoms with Crippen molar-refractivity contribution in [2.75, 3.05) is 6.54 Å². The molecular weight excluding hydrogens is 287 g/mol. The number of hydrogen-bond donors (Lipinski definition) is 3. The third-order valence-corrected chi connectivity index (χ3v) is 3.00. The van der Waals surface area contributed by atoms with Crippen molar-refractivity contribution in [1.29, 1.82) is 0 Å². The van der Waals surface area contributed by atoms with Gasteiger partial charge in [0.2, 0.25) is 5.91 Å². The van der Waals surface area contributed by atoms with Crippen LogP contribution in [0.1, 0.15) is 25.5 Å². The van der Waals surface area contributed by atoms with Gasteiger partial charge in [-0.25, -0.2) is 0 Å².